The third kappa shape index (κ3) is 1.77. The van der Waals surface area contributed by atoms with Gasteiger partial charge in [-0.1, -0.05) is 24.3 Å². The van der Waals surface area contributed by atoms with Gasteiger partial charge in [-0.3, -0.25) is 14.4 Å². The van der Waals surface area contributed by atoms with Crippen LogP contribution in [0.2, 0.25) is 0 Å². The van der Waals surface area contributed by atoms with Gasteiger partial charge >= 0.3 is 0 Å². The van der Waals surface area contributed by atoms with Crippen LogP contribution < -0.4 is 11.1 Å². The summed E-state index contributed by atoms with van der Waals surface area (Å²) in [5, 5.41) is 4.15. The highest BCUT2D eigenvalue weighted by molar-refractivity contribution is 7.13. The van der Waals surface area contributed by atoms with Gasteiger partial charge in [-0.15, -0.1) is 11.3 Å². The number of rotatable bonds is 2. The Bertz CT molecular complexity index is 749. The number of amides is 1. The number of nitrogens with one attached hydrogen (secondary N) is 1. The molecule has 1 heterocycles. The van der Waals surface area contributed by atoms with Crippen molar-refractivity contribution >= 4 is 34.5 Å². The lowest BCUT2D eigenvalue weighted by molar-refractivity contribution is -0.114. The molecule has 0 atom stereocenters. The number of ketones is 2. The lowest BCUT2D eigenvalue weighted by Gasteiger charge is -2.15. The molecule has 1 aliphatic rings. The van der Waals surface area contributed by atoms with Crippen LogP contribution in [-0.4, -0.2) is 24.0 Å². The average Bonchev–Trinajstić information content (AvgIpc) is 2.88. The van der Waals surface area contributed by atoms with Gasteiger partial charge in [-0.2, -0.15) is 0 Å². The molecule has 1 aromatic heterocycles. The molecule has 100 valence electrons. The van der Waals surface area contributed by atoms with Crippen molar-refractivity contribution in [3.8, 4) is 0 Å². The first kappa shape index (κ1) is 12.7. The Labute approximate surface area is 118 Å². The van der Waals surface area contributed by atoms with E-state index < -0.39 is 5.91 Å². The van der Waals surface area contributed by atoms with Gasteiger partial charge in [0.05, 0.1) is 22.7 Å². The maximum absolute atomic E-state index is 12.5. The molecule has 0 fully saturated rings. The second-order valence-electron chi connectivity index (χ2n) is 4.31. The number of anilines is 1. The first-order valence-electron chi connectivity index (χ1n) is 5.93. The fourth-order valence-corrected chi connectivity index (χ4v) is 3.13. The molecule has 0 radical (unpaired) electrons. The van der Waals surface area contributed by atoms with Crippen LogP contribution in [-0.2, 0) is 4.79 Å². The first-order valence-corrected chi connectivity index (χ1v) is 6.81. The number of hydrogen-bond acceptors (Lipinski definition) is 5. The molecule has 20 heavy (non-hydrogen) atoms. The highest BCUT2D eigenvalue weighted by Gasteiger charge is 2.33. The fourth-order valence-electron chi connectivity index (χ4n) is 2.18. The monoisotopic (exact) mass is 286 g/mol. The minimum Gasteiger partial charge on any atom is -0.324 e. The Balaban J connectivity index is 2.13. The number of benzene rings is 1. The van der Waals surface area contributed by atoms with E-state index in [1.165, 1.54) is 0 Å². The molecule has 0 aliphatic heterocycles. The zero-order valence-corrected chi connectivity index (χ0v) is 11.1. The van der Waals surface area contributed by atoms with Gasteiger partial charge < -0.3 is 11.1 Å². The average molecular weight is 286 g/mol. The molecule has 0 bridgehead atoms. The Morgan fingerprint density at radius 3 is 2.45 bits per heavy atom. The number of nitrogens with two attached hydrogens (primary N) is 1. The van der Waals surface area contributed by atoms with Gasteiger partial charge in [-0.25, -0.2) is 0 Å². The van der Waals surface area contributed by atoms with E-state index in [2.05, 4.69) is 5.32 Å². The second kappa shape index (κ2) is 4.66. The number of carbonyl (C=O) groups is 3. The van der Waals surface area contributed by atoms with E-state index in [4.69, 9.17) is 5.73 Å². The third-order valence-corrected chi connectivity index (χ3v) is 4.08. The van der Waals surface area contributed by atoms with Gasteiger partial charge in [0.1, 0.15) is 0 Å². The number of hydrogen-bond donors (Lipinski definition) is 2. The van der Waals surface area contributed by atoms with Crippen molar-refractivity contribution in [2.45, 2.75) is 0 Å². The normalized spacial score (nSPS) is 12.8. The highest BCUT2D eigenvalue weighted by Crippen LogP contribution is 2.36. The standard InChI is InChI=1S/C14H10N2O3S/c15-5-10(17)16-9-6-20-14-11(9)12(18)7-3-1-2-4-8(7)13(14)19/h1-4,6H,5,15H2,(H,16,17). The summed E-state index contributed by atoms with van der Waals surface area (Å²) in [6, 6.07) is 6.68. The lowest BCUT2D eigenvalue weighted by atomic mass is 9.88. The van der Waals surface area contributed by atoms with E-state index in [-0.39, 0.29) is 23.7 Å². The summed E-state index contributed by atoms with van der Waals surface area (Å²) in [7, 11) is 0. The maximum Gasteiger partial charge on any atom is 0.238 e. The largest absolute Gasteiger partial charge is 0.324 e. The quantitative estimate of drug-likeness (QED) is 0.745. The Hall–Kier alpha value is -2.31. The summed E-state index contributed by atoms with van der Waals surface area (Å²) < 4.78 is 0. The molecule has 1 aromatic carbocycles. The molecule has 0 unspecified atom stereocenters. The van der Waals surface area contributed by atoms with E-state index in [9.17, 15) is 14.4 Å². The molecule has 5 nitrogen and oxygen atoms in total. The molecule has 0 saturated carbocycles. The first-order chi connectivity index (χ1) is 9.63. The van der Waals surface area contributed by atoms with E-state index in [1.54, 1.807) is 29.6 Å². The van der Waals surface area contributed by atoms with Crippen LogP contribution in [0.15, 0.2) is 29.6 Å². The van der Waals surface area contributed by atoms with Gasteiger partial charge in [0.2, 0.25) is 11.7 Å². The van der Waals surface area contributed by atoms with E-state index >= 15 is 0 Å². The molecule has 6 heteroatoms. The van der Waals surface area contributed by atoms with Crippen LogP contribution in [0.3, 0.4) is 0 Å². The molecule has 0 spiro atoms. The van der Waals surface area contributed by atoms with Crippen molar-refractivity contribution < 1.29 is 14.4 Å². The van der Waals surface area contributed by atoms with Crippen LogP contribution in [0.1, 0.15) is 31.2 Å². The van der Waals surface area contributed by atoms with Crippen molar-refractivity contribution in [2.24, 2.45) is 5.73 Å². The Kier molecular flexibility index (Phi) is 2.96. The van der Waals surface area contributed by atoms with Crippen LogP contribution in [0.4, 0.5) is 5.69 Å². The summed E-state index contributed by atoms with van der Waals surface area (Å²) in [5.74, 6) is -0.832. The van der Waals surface area contributed by atoms with Crippen molar-refractivity contribution in [3.05, 3.63) is 51.2 Å². The smallest absolute Gasteiger partial charge is 0.238 e. The number of carbonyl (C=O) groups excluding carboxylic acids is 3. The van der Waals surface area contributed by atoms with Crippen molar-refractivity contribution in [2.75, 3.05) is 11.9 Å². The highest BCUT2D eigenvalue weighted by atomic mass is 32.1. The molecule has 0 saturated heterocycles. The van der Waals surface area contributed by atoms with Gasteiger partial charge in [0, 0.05) is 16.5 Å². The zero-order chi connectivity index (χ0) is 14.3. The second-order valence-corrected chi connectivity index (χ2v) is 5.19. The van der Waals surface area contributed by atoms with E-state index in [1.807, 2.05) is 0 Å². The number of thiophene rings is 1. The summed E-state index contributed by atoms with van der Waals surface area (Å²) in [4.78, 5) is 36.6. The third-order valence-electron chi connectivity index (χ3n) is 3.10. The summed E-state index contributed by atoms with van der Waals surface area (Å²) in [6.45, 7) is -0.177. The topological polar surface area (TPSA) is 89.3 Å². The molecule has 1 aliphatic carbocycles. The molecular weight excluding hydrogens is 276 g/mol. The van der Waals surface area contributed by atoms with Crippen molar-refractivity contribution in [3.63, 3.8) is 0 Å². The van der Waals surface area contributed by atoms with Crippen LogP contribution >= 0.6 is 11.3 Å². The summed E-state index contributed by atoms with van der Waals surface area (Å²) >= 11 is 1.15. The minimum atomic E-state index is -0.398. The molecule has 2 aromatic rings. The van der Waals surface area contributed by atoms with E-state index in [0.29, 0.717) is 21.7 Å². The van der Waals surface area contributed by atoms with Crippen LogP contribution in [0, 0.1) is 0 Å². The minimum absolute atomic E-state index is 0.177. The van der Waals surface area contributed by atoms with Gasteiger partial charge in [0.15, 0.2) is 5.78 Å². The molecule has 1 amide bonds. The maximum atomic E-state index is 12.5. The SMILES string of the molecule is NCC(=O)Nc1csc2c1C(=O)c1ccccc1C2=O. The predicted octanol–water partition coefficient (Wildman–Crippen LogP) is 1.42. The van der Waals surface area contributed by atoms with Gasteiger partial charge in [0.25, 0.3) is 0 Å². The van der Waals surface area contributed by atoms with Gasteiger partial charge in [-0.05, 0) is 0 Å². The lowest BCUT2D eigenvalue weighted by Crippen LogP contribution is -2.24. The molecule has 3 rings (SSSR count). The molecule has 3 N–H and O–H groups in total. The summed E-state index contributed by atoms with van der Waals surface area (Å²) in [5.41, 5.74) is 6.64. The fraction of sp³-hybridized carbons (Fsp3) is 0.0714. The Morgan fingerprint density at radius 1 is 1.15 bits per heavy atom. The van der Waals surface area contributed by atoms with Crippen molar-refractivity contribution in [1.29, 1.82) is 0 Å². The van der Waals surface area contributed by atoms with E-state index in [0.717, 1.165) is 11.3 Å². The zero-order valence-electron chi connectivity index (χ0n) is 10.3. The Morgan fingerprint density at radius 2 is 1.80 bits per heavy atom. The predicted molar refractivity (Wildman–Crippen MR) is 75.3 cm³/mol. The van der Waals surface area contributed by atoms with Crippen LogP contribution in [0.5, 0.6) is 0 Å². The number of fused-ring (bicyclic) bond motifs is 2. The molecular formula is C14H10N2O3S. The van der Waals surface area contributed by atoms with Crippen LogP contribution in [0.25, 0.3) is 0 Å². The van der Waals surface area contributed by atoms with Crippen molar-refractivity contribution in [1.82, 2.24) is 0 Å². The summed E-state index contributed by atoms with van der Waals surface area (Å²) in [6.07, 6.45) is 0.